The van der Waals surface area contributed by atoms with Gasteiger partial charge in [0.25, 0.3) is 0 Å². The van der Waals surface area contributed by atoms with Gasteiger partial charge in [-0.2, -0.15) is 10.4 Å². The van der Waals surface area contributed by atoms with Gasteiger partial charge >= 0.3 is 0 Å². The molecule has 0 radical (unpaired) electrons. The minimum Gasteiger partial charge on any atom is -0.378 e. The molecule has 2 saturated carbocycles. The van der Waals surface area contributed by atoms with Crippen molar-refractivity contribution in [2.24, 2.45) is 17.8 Å². The van der Waals surface area contributed by atoms with Crippen LogP contribution in [-0.4, -0.2) is 10.2 Å². The molecule has 0 saturated heterocycles. The lowest BCUT2D eigenvalue weighted by molar-refractivity contribution is 0.249. The van der Waals surface area contributed by atoms with E-state index in [2.05, 4.69) is 34.6 Å². The number of fused-ring (bicyclic) bond motifs is 9. The molecule has 4 nitrogen and oxygen atoms in total. The van der Waals surface area contributed by atoms with Gasteiger partial charge in [0.05, 0.1) is 17.1 Å². The van der Waals surface area contributed by atoms with E-state index in [-0.39, 0.29) is 11.6 Å². The number of nitrogens with one attached hydrogen (secondary N) is 2. The van der Waals surface area contributed by atoms with Crippen molar-refractivity contribution in [3.8, 4) is 6.07 Å². The SMILES string of the molecule is Cc1[nH]nc2ccc3c(c12)[C@H]1C2CCC(C2)[C@H]1[C@H](c1ccc(F)c(C#N)c1)N3. The van der Waals surface area contributed by atoms with E-state index in [1.807, 2.05) is 12.1 Å². The standard InChI is InChI=1S/C23H21FN4/c1-11-19-18(28-27-11)7-6-17-22(19)20-12-2-3-13(8-12)21(20)23(26-17)14-4-5-16(24)15(9-14)10-25/h4-7,9,12-13,20-21,23,26H,2-3,8H2,1H3,(H,27,28)/t12?,13?,20-,21+,23-/m0/s1. The molecule has 1 aromatic heterocycles. The van der Waals surface area contributed by atoms with E-state index in [1.54, 1.807) is 6.07 Å². The Kier molecular flexibility index (Phi) is 3.21. The summed E-state index contributed by atoms with van der Waals surface area (Å²) < 4.78 is 13.9. The Bertz CT molecular complexity index is 1160. The van der Waals surface area contributed by atoms with Crippen LogP contribution in [0.15, 0.2) is 30.3 Å². The fourth-order valence-electron chi connectivity index (χ4n) is 6.40. The number of nitrogens with zero attached hydrogens (tertiary/aromatic N) is 2. The van der Waals surface area contributed by atoms with Crippen molar-refractivity contribution in [2.45, 2.75) is 38.1 Å². The second-order valence-corrected chi connectivity index (χ2v) is 8.68. The van der Waals surface area contributed by atoms with Gasteiger partial charge in [-0.05, 0) is 85.3 Å². The zero-order valence-corrected chi connectivity index (χ0v) is 15.7. The maximum atomic E-state index is 13.9. The van der Waals surface area contributed by atoms with Gasteiger partial charge in [-0.1, -0.05) is 6.07 Å². The lowest BCUT2D eigenvalue weighted by Gasteiger charge is -2.44. The third-order valence-corrected chi connectivity index (χ3v) is 7.42. The summed E-state index contributed by atoms with van der Waals surface area (Å²) in [5.74, 6) is 1.91. The van der Waals surface area contributed by atoms with Gasteiger partial charge in [0.1, 0.15) is 11.9 Å². The molecule has 140 valence electrons. The second kappa shape index (κ2) is 5.57. The molecule has 1 aliphatic heterocycles. The monoisotopic (exact) mass is 372 g/mol. The Morgan fingerprint density at radius 2 is 2.04 bits per heavy atom. The predicted octanol–water partition coefficient (Wildman–Crippen LogP) is 5.18. The van der Waals surface area contributed by atoms with Crippen LogP contribution in [0.2, 0.25) is 0 Å². The number of hydrogen-bond acceptors (Lipinski definition) is 3. The summed E-state index contributed by atoms with van der Waals surface area (Å²) in [7, 11) is 0. The van der Waals surface area contributed by atoms with Gasteiger partial charge in [-0.15, -0.1) is 0 Å². The van der Waals surface area contributed by atoms with Gasteiger partial charge in [0, 0.05) is 16.8 Å². The quantitative estimate of drug-likeness (QED) is 0.619. The first-order chi connectivity index (χ1) is 13.7. The van der Waals surface area contributed by atoms with E-state index in [9.17, 15) is 9.65 Å². The smallest absolute Gasteiger partial charge is 0.140 e. The highest BCUT2D eigenvalue weighted by atomic mass is 19.1. The minimum atomic E-state index is -0.442. The minimum absolute atomic E-state index is 0.116. The van der Waals surface area contributed by atoms with Gasteiger partial charge in [0.15, 0.2) is 0 Å². The number of hydrogen-bond donors (Lipinski definition) is 2. The molecule has 2 aromatic carbocycles. The summed E-state index contributed by atoms with van der Waals surface area (Å²) in [5.41, 5.74) is 5.90. The summed E-state index contributed by atoms with van der Waals surface area (Å²) in [4.78, 5) is 0. The Morgan fingerprint density at radius 1 is 1.18 bits per heavy atom. The molecule has 2 heterocycles. The van der Waals surface area contributed by atoms with Gasteiger partial charge in [0.2, 0.25) is 0 Å². The number of nitriles is 1. The average Bonchev–Trinajstić information content (AvgIpc) is 3.43. The number of halogens is 1. The average molecular weight is 372 g/mol. The number of H-pyrrole nitrogens is 1. The van der Waals surface area contributed by atoms with E-state index < -0.39 is 5.82 Å². The fraction of sp³-hybridized carbons (Fsp3) is 0.391. The van der Waals surface area contributed by atoms with Crippen LogP contribution in [0.25, 0.3) is 10.9 Å². The molecule has 3 aliphatic rings. The summed E-state index contributed by atoms with van der Waals surface area (Å²) in [6, 6.07) is 11.4. The number of aromatic nitrogens is 2. The maximum Gasteiger partial charge on any atom is 0.140 e. The van der Waals surface area contributed by atoms with Crippen LogP contribution in [-0.2, 0) is 0 Å². The van der Waals surface area contributed by atoms with E-state index in [4.69, 9.17) is 0 Å². The molecular weight excluding hydrogens is 351 g/mol. The van der Waals surface area contributed by atoms with Crippen LogP contribution in [0.5, 0.6) is 0 Å². The number of rotatable bonds is 1. The van der Waals surface area contributed by atoms with Gasteiger partial charge < -0.3 is 5.32 Å². The first-order valence-corrected chi connectivity index (χ1v) is 10.1. The molecule has 2 unspecified atom stereocenters. The summed E-state index contributed by atoms with van der Waals surface area (Å²) >= 11 is 0. The largest absolute Gasteiger partial charge is 0.378 e. The van der Waals surface area contributed by atoms with E-state index in [0.29, 0.717) is 23.7 Å². The summed E-state index contributed by atoms with van der Waals surface area (Å²) in [6.45, 7) is 2.10. The molecule has 2 aliphatic carbocycles. The Morgan fingerprint density at radius 3 is 2.89 bits per heavy atom. The highest BCUT2D eigenvalue weighted by Gasteiger charge is 2.54. The zero-order chi connectivity index (χ0) is 19.0. The highest BCUT2D eigenvalue weighted by Crippen LogP contribution is 2.64. The normalized spacial score (nSPS) is 30.0. The number of benzene rings is 2. The van der Waals surface area contributed by atoms with Gasteiger partial charge in [-0.25, -0.2) is 4.39 Å². The van der Waals surface area contributed by atoms with Crippen LogP contribution in [0.4, 0.5) is 10.1 Å². The predicted molar refractivity (Wildman–Crippen MR) is 105 cm³/mol. The Hall–Kier alpha value is -2.87. The number of aryl methyl sites for hydroxylation is 1. The molecular formula is C23H21FN4. The van der Waals surface area contributed by atoms with E-state index in [1.165, 1.54) is 42.0 Å². The zero-order valence-electron chi connectivity index (χ0n) is 15.7. The molecule has 2 N–H and O–H groups in total. The lowest BCUT2D eigenvalue weighted by Crippen LogP contribution is -2.35. The molecule has 3 aromatic rings. The molecule has 5 heteroatoms. The fourth-order valence-corrected chi connectivity index (χ4v) is 6.40. The van der Waals surface area contributed by atoms with Crippen molar-refractivity contribution in [2.75, 3.05) is 5.32 Å². The van der Waals surface area contributed by atoms with Crippen molar-refractivity contribution in [1.29, 1.82) is 5.26 Å². The highest BCUT2D eigenvalue weighted by molar-refractivity contribution is 5.91. The van der Waals surface area contributed by atoms with Crippen LogP contribution >= 0.6 is 0 Å². The van der Waals surface area contributed by atoms with Crippen LogP contribution in [0, 0.1) is 41.8 Å². The molecule has 0 spiro atoms. The first-order valence-electron chi connectivity index (χ1n) is 10.1. The van der Waals surface area contributed by atoms with Crippen LogP contribution in [0.1, 0.15) is 53.6 Å². The van der Waals surface area contributed by atoms with Crippen molar-refractivity contribution in [1.82, 2.24) is 10.2 Å². The summed E-state index contributed by atoms with van der Waals surface area (Å²) in [6.07, 6.45) is 3.83. The molecule has 2 fully saturated rings. The van der Waals surface area contributed by atoms with Crippen molar-refractivity contribution in [3.63, 3.8) is 0 Å². The number of aromatic amines is 1. The Balaban J connectivity index is 1.56. The topological polar surface area (TPSA) is 64.5 Å². The van der Waals surface area contributed by atoms with E-state index in [0.717, 1.165) is 16.8 Å². The molecule has 2 bridgehead atoms. The van der Waals surface area contributed by atoms with Crippen LogP contribution < -0.4 is 5.32 Å². The first kappa shape index (κ1) is 16.1. The van der Waals surface area contributed by atoms with Crippen molar-refractivity contribution < 1.29 is 4.39 Å². The molecule has 28 heavy (non-hydrogen) atoms. The molecule has 5 atom stereocenters. The molecule has 6 rings (SSSR count). The second-order valence-electron chi connectivity index (χ2n) is 8.68. The maximum absolute atomic E-state index is 13.9. The van der Waals surface area contributed by atoms with Crippen molar-refractivity contribution in [3.05, 3.63) is 58.5 Å². The van der Waals surface area contributed by atoms with E-state index >= 15 is 0 Å². The van der Waals surface area contributed by atoms with Crippen molar-refractivity contribution >= 4 is 16.6 Å². The van der Waals surface area contributed by atoms with Crippen LogP contribution in [0.3, 0.4) is 0 Å². The third kappa shape index (κ3) is 2.01. The van der Waals surface area contributed by atoms with Gasteiger partial charge in [-0.3, -0.25) is 5.10 Å². The number of anilines is 1. The Labute approximate surface area is 162 Å². The third-order valence-electron chi connectivity index (χ3n) is 7.42. The lowest BCUT2D eigenvalue weighted by atomic mass is 9.67. The summed E-state index contributed by atoms with van der Waals surface area (Å²) in [5, 5.41) is 22.0. The molecule has 0 amide bonds.